The van der Waals surface area contributed by atoms with E-state index in [0.29, 0.717) is 24.2 Å². The summed E-state index contributed by atoms with van der Waals surface area (Å²) in [4.78, 5) is 25.2. The molecule has 2 N–H and O–H groups in total. The molecule has 2 rings (SSSR count). The minimum atomic E-state index is 0.0120. The Labute approximate surface area is 107 Å². The van der Waals surface area contributed by atoms with Crippen LogP contribution < -0.4 is 5.73 Å². The third-order valence-electron chi connectivity index (χ3n) is 3.37. The van der Waals surface area contributed by atoms with Crippen LogP contribution in [0.2, 0.25) is 0 Å². The molecular formula is C14H18N2O2. The highest BCUT2D eigenvalue weighted by atomic mass is 16.2. The van der Waals surface area contributed by atoms with Crippen molar-refractivity contribution in [3.8, 4) is 0 Å². The van der Waals surface area contributed by atoms with Crippen LogP contribution in [0.15, 0.2) is 24.3 Å². The second-order valence-electron chi connectivity index (χ2n) is 4.76. The summed E-state index contributed by atoms with van der Waals surface area (Å²) in [6.45, 7) is 2.95. The van der Waals surface area contributed by atoms with Crippen molar-refractivity contribution >= 4 is 11.7 Å². The second-order valence-corrected chi connectivity index (χ2v) is 4.76. The smallest absolute Gasteiger partial charge is 0.253 e. The molecule has 0 spiro atoms. The van der Waals surface area contributed by atoms with Gasteiger partial charge in [0.2, 0.25) is 0 Å². The third-order valence-corrected chi connectivity index (χ3v) is 3.37. The Hall–Kier alpha value is -1.68. The quantitative estimate of drug-likeness (QED) is 0.803. The molecule has 18 heavy (non-hydrogen) atoms. The first-order valence-electron chi connectivity index (χ1n) is 6.24. The Morgan fingerprint density at radius 2 is 1.61 bits per heavy atom. The topological polar surface area (TPSA) is 63.4 Å². The van der Waals surface area contributed by atoms with E-state index in [2.05, 4.69) is 0 Å². The Morgan fingerprint density at radius 3 is 2.11 bits per heavy atom. The van der Waals surface area contributed by atoms with Crippen LogP contribution in [-0.2, 0) is 0 Å². The fourth-order valence-electron chi connectivity index (χ4n) is 2.13. The van der Waals surface area contributed by atoms with Crippen molar-refractivity contribution in [2.24, 2.45) is 5.73 Å². The maximum absolute atomic E-state index is 12.2. The first kappa shape index (κ1) is 12.8. The van der Waals surface area contributed by atoms with Crippen LogP contribution in [0.4, 0.5) is 0 Å². The molecule has 0 radical (unpaired) electrons. The lowest BCUT2D eigenvalue weighted by Crippen LogP contribution is -2.42. The van der Waals surface area contributed by atoms with Crippen LogP contribution in [0.5, 0.6) is 0 Å². The van der Waals surface area contributed by atoms with Gasteiger partial charge in [0.15, 0.2) is 5.78 Å². The minimum absolute atomic E-state index is 0.0120. The standard InChI is InChI=1S/C14H18N2O2/c1-10(17)11-2-4-12(5-3-11)14(18)16-8-6-13(15)7-9-16/h2-5,13H,6-9,15H2,1H3. The zero-order valence-electron chi connectivity index (χ0n) is 10.6. The summed E-state index contributed by atoms with van der Waals surface area (Å²) in [5.74, 6) is 0.0370. The van der Waals surface area contributed by atoms with Gasteiger partial charge in [0.05, 0.1) is 0 Å². The van der Waals surface area contributed by atoms with E-state index < -0.39 is 0 Å². The maximum Gasteiger partial charge on any atom is 0.253 e. The van der Waals surface area contributed by atoms with Gasteiger partial charge >= 0.3 is 0 Å². The number of hydrogen-bond donors (Lipinski definition) is 1. The van der Waals surface area contributed by atoms with Gasteiger partial charge in [-0.05, 0) is 31.9 Å². The summed E-state index contributed by atoms with van der Waals surface area (Å²) in [5, 5.41) is 0. The van der Waals surface area contributed by atoms with Crippen molar-refractivity contribution in [1.82, 2.24) is 4.90 Å². The first-order chi connectivity index (χ1) is 8.58. The van der Waals surface area contributed by atoms with Crippen molar-refractivity contribution in [3.63, 3.8) is 0 Å². The van der Waals surface area contributed by atoms with E-state index in [-0.39, 0.29) is 17.7 Å². The van der Waals surface area contributed by atoms with E-state index >= 15 is 0 Å². The van der Waals surface area contributed by atoms with Gasteiger partial charge in [-0.3, -0.25) is 9.59 Å². The number of ketones is 1. The average molecular weight is 246 g/mol. The van der Waals surface area contributed by atoms with Crippen LogP contribution in [0.1, 0.15) is 40.5 Å². The van der Waals surface area contributed by atoms with Gasteiger partial charge in [-0.2, -0.15) is 0 Å². The number of nitrogens with two attached hydrogens (primary N) is 1. The van der Waals surface area contributed by atoms with E-state index in [9.17, 15) is 9.59 Å². The normalized spacial score (nSPS) is 16.7. The molecule has 1 aromatic rings. The number of carbonyl (C=O) groups excluding carboxylic acids is 2. The van der Waals surface area contributed by atoms with E-state index in [4.69, 9.17) is 5.73 Å². The van der Waals surface area contributed by atoms with Crippen molar-refractivity contribution in [3.05, 3.63) is 35.4 Å². The summed E-state index contributed by atoms with van der Waals surface area (Å²) in [6, 6.07) is 7.05. The van der Waals surface area contributed by atoms with E-state index in [1.165, 1.54) is 6.92 Å². The molecule has 0 atom stereocenters. The first-order valence-corrected chi connectivity index (χ1v) is 6.24. The zero-order chi connectivity index (χ0) is 13.1. The lowest BCUT2D eigenvalue weighted by molar-refractivity contribution is 0.0714. The number of piperidine rings is 1. The molecule has 4 nitrogen and oxygen atoms in total. The highest BCUT2D eigenvalue weighted by molar-refractivity contribution is 5.97. The lowest BCUT2D eigenvalue weighted by atomic mass is 10.0. The molecule has 1 saturated heterocycles. The fraction of sp³-hybridized carbons (Fsp3) is 0.429. The largest absolute Gasteiger partial charge is 0.339 e. The van der Waals surface area contributed by atoms with Crippen LogP contribution in [0.3, 0.4) is 0 Å². The SMILES string of the molecule is CC(=O)c1ccc(C(=O)N2CCC(N)CC2)cc1. The summed E-state index contributed by atoms with van der Waals surface area (Å²) in [5.41, 5.74) is 7.08. The molecule has 1 aliphatic heterocycles. The molecule has 0 aromatic heterocycles. The van der Waals surface area contributed by atoms with E-state index in [0.717, 1.165) is 12.8 Å². The summed E-state index contributed by atoms with van der Waals surface area (Å²) >= 11 is 0. The zero-order valence-corrected chi connectivity index (χ0v) is 10.6. The molecule has 4 heteroatoms. The van der Waals surface area contributed by atoms with Gasteiger partial charge in [0, 0.05) is 30.3 Å². The molecule has 1 heterocycles. The molecule has 1 fully saturated rings. The summed E-state index contributed by atoms with van der Waals surface area (Å²) in [6.07, 6.45) is 1.72. The van der Waals surface area contributed by atoms with Gasteiger partial charge < -0.3 is 10.6 Å². The van der Waals surface area contributed by atoms with Crippen LogP contribution in [0, 0.1) is 0 Å². The summed E-state index contributed by atoms with van der Waals surface area (Å²) in [7, 11) is 0. The van der Waals surface area contributed by atoms with Gasteiger partial charge in [0.1, 0.15) is 0 Å². The van der Waals surface area contributed by atoms with E-state index in [1.54, 1.807) is 24.3 Å². The number of hydrogen-bond acceptors (Lipinski definition) is 3. The van der Waals surface area contributed by atoms with Crippen LogP contribution in [-0.4, -0.2) is 35.7 Å². The molecule has 0 saturated carbocycles. The molecule has 0 unspecified atom stereocenters. The lowest BCUT2D eigenvalue weighted by Gasteiger charge is -2.30. The summed E-state index contributed by atoms with van der Waals surface area (Å²) < 4.78 is 0. The van der Waals surface area contributed by atoms with E-state index in [1.807, 2.05) is 4.90 Å². The second kappa shape index (κ2) is 5.31. The van der Waals surface area contributed by atoms with Gasteiger partial charge in [0.25, 0.3) is 5.91 Å². The van der Waals surface area contributed by atoms with Gasteiger partial charge in [-0.25, -0.2) is 0 Å². The maximum atomic E-state index is 12.2. The molecule has 1 aromatic carbocycles. The molecule has 96 valence electrons. The number of rotatable bonds is 2. The molecular weight excluding hydrogens is 228 g/mol. The Bertz CT molecular complexity index is 445. The van der Waals surface area contributed by atoms with Crippen LogP contribution >= 0.6 is 0 Å². The number of benzene rings is 1. The number of likely N-dealkylation sites (tertiary alicyclic amines) is 1. The highest BCUT2D eigenvalue weighted by Crippen LogP contribution is 2.13. The van der Waals surface area contributed by atoms with Gasteiger partial charge in [-0.15, -0.1) is 0 Å². The predicted octanol–water partition coefficient (Wildman–Crippen LogP) is 1.45. The average Bonchev–Trinajstić information content (AvgIpc) is 2.39. The molecule has 1 amide bonds. The Kier molecular flexibility index (Phi) is 3.77. The van der Waals surface area contributed by atoms with Crippen molar-refractivity contribution in [2.75, 3.05) is 13.1 Å². The minimum Gasteiger partial charge on any atom is -0.339 e. The Balaban J connectivity index is 2.07. The number of amides is 1. The molecule has 0 aliphatic carbocycles. The molecule has 1 aliphatic rings. The fourth-order valence-corrected chi connectivity index (χ4v) is 2.13. The van der Waals surface area contributed by atoms with Crippen molar-refractivity contribution in [1.29, 1.82) is 0 Å². The highest BCUT2D eigenvalue weighted by Gasteiger charge is 2.21. The number of nitrogens with zero attached hydrogens (tertiary/aromatic N) is 1. The number of Topliss-reactive ketones (excluding diaryl/α,β-unsaturated/α-hetero) is 1. The van der Waals surface area contributed by atoms with Crippen molar-refractivity contribution < 1.29 is 9.59 Å². The third kappa shape index (κ3) is 2.76. The van der Waals surface area contributed by atoms with Crippen molar-refractivity contribution in [2.45, 2.75) is 25.8 Å². The molecule has 0 bridgehead atoms. The monoisotopic (exact) mass is 246 g/mol. The number of carbonyl (C=O) groups is 2. The Morgan fingerprint density at radius 1 is 1.11 bits per heavy atom. The van der Waals surface area contributed by atoms with Gasteiger partial charge in [-0.1, -0.05) is 12.1 Å². The predicted molar refractivity (Wildman–Crippen MR) is 69.6 cm³/mol. The van der Waals surface area contributed by atoms with Crippen LogP contribution in [0.25, 0.3) is 0 Å².